The van der Waals surface area contributed by atoms with Gasteiger partial charge >= 0.3 is 0 Å². The number of hydrogen-bond donors (Lipinski definition) is 0. The molecule has 1 aromatic carbocycles. The highest BCUT2D eigenvalue weighted by atomic mass is 35.5. The summed E-state index contributed by atoms with van der Waals surface area (Å²) in [5, 5.41) is 0.587. The van der Waals surface area contributed by atoms with Gasteiger partial charge in [0.15, 0.2) is 0 Å². The SMILES string of the molecule is CCc1c(Cl)cc(C=O)cc1OC. The topological polar surface area (TPSA) is 26.3 Å². The number of benzene rings is 1. The molecular weight excluding hydrogens is 188 g/mol. The van der Waals surface area contributed by atoms with Gasteiger partial charge < -0.3 is 4.74 Å². The van der Waals surface area contributed by atoms with E-state index < -0.39 is 0 Å². The van der Waals surface area contributed by atoms with E-state index in [9.17, 15) is 4.79 Å². The number of carbonyl (C=O) groups is 1. The fourth-order valence-corrected chi connectivity index (χ4v) is 1.58. The molecule has 0 atom stereocenters. The first-order valence-corrected chi connectivity index (χ1v) is 4.42. The molecule has 1 aromatic rings. The first kappa shape index (κ1) is 10.1. The summed E-state index contributed by atoms with van der Waals surface area (Å²) in [6.45, 7) is 1.99. The van der Waals surface area contributed by atoms with E-state index in [1.165, 1.54) is 0 Å². The van der Waals surface area contributed by atoms with Crippen molar-refractivity contribution in [2.45, 2.75) is 13.3 Å². The maximum absolute atomic E-state index is 10.5. The summed E-state index contributed by atoms with van der Waals surface area (Å²) in [6, 6.07) is 3.34. The first-order chi connectivity index (χ1) is 6.22. The second-order valence-electron chi connectivity index (χ2n) is 2.65. The Hall–Kier alpha value is -1.02. The van der Waals surface area contributed by atoms with Gasteiger partial charge in [0, 0.05) is 16.1 Å². The Morgan fingerprint density at radius 3 is 2.69 bits per heavy atom. The molecule has 0 aliphatic carbocycles. The molecule has 0 aliphatic heterocycles. The summed E-state index contributed by atoms with van der Waals surface area (Å²) in [4.78, 5) is 10.5. The molecule has 0 N–H and O–H groups in total. The number of hydrogen-bond acceptors (Lipinski definition) is 2. The lowest BCUT2D eigenvalue weighted by atomic mass is 10.1. The summed E-state index contributed by atoms with van der Waals surface area (Å²) >= 11 is 5.95. The summed E-state index contributed by atoms with van der Waals surface area (Å²) in [5.74, 6) is 0.678. The molecule has 0 heterocycles. The van der Waals surface area contributed by atoms with E-state index in [4.69, 9.17) is 16.3 Å². The van der Waals surface area contributed by atoms with E-state index in [0.717, 1.165) is 18.3 Å². The molecule has 13 heavy (non-hydrogen) atoms. The van der Waals surface area contributed by atoms with Crippen LogP contribution in [0.5, 0.6) is 5.75 Å². The zero-order chi connectivity index (χ0) is 9.84. The van der Waals surface area contributed by atoms with Crippen LogP contribution in [-0.4, -0.2) is 13.4 Å². The predicted molar refractivity (Wildman–Crippen MR) is 52.8 cm³/mol. The lowest BCUT2D eigenvalue weighted by Gasteiger charge is -2.08. The number of carbonyl (C=O) groups excluding carboxylic acids is 1. The van der Waals surface area contributed by atoms with Crippen LogP contribution in [-0.2, 0) is 6.42 Å². The van der Waals surface area contributed by atoms with Crippen LogP contribution in [0.2, 0.25) is 5.02 Å². The minimum Gasteiger partial charge on any atom is -0.496 e. The van der Waals surface area contributed by atoms with Crippen LogP contribution < -0.4 is 4.74 Å². The lowest BCUT2D eigenvalue weighted by Crippen LogP contribution is -1.93. The van der Waals surface area contributed by atoms with Crippen molar-refractivity contribution in [2.24, 2.45) is 0 Å². The van der Waals surface area contributed by atoms with Gasteiger partial charge in [0.1, 0.15) is 12.0 Å². The van der Waals surface area contributed by atoms with Gasteiger partial charge in [-0.1, -0.05) is 18.5 Å². The molecule has 3 heteroatoms. The Labute approximate surface area is 82.5 Å². The molecule has 0 aromatic heterocycles. The molecule has 0 saturated carbocycles. The second-order valence-corrected chi connectivity index (χ2v) is 3.06. The van der Waals surface area contributed by atoms with E-state index in [1.54, 1.807) is 19.2 Å². The first-order valence-electron chi connectivity index (χ1n) is 4.04. The van der Waals surface area contributed by atoms with Crippen LogP contribution in [0.25, 0.3) is 0 Å². The van der Waals surface area contributed by atoms with Crippen molar-refractivity contribution in [3.8, 4) is 5.75 Å². The second kappa shape index (κ2) is 4.28. The van der Waals surface area contributed by atoms with Gasteiger partial charge in [-0.3, -0.25) is 4.79 Å². The van der Waals surface area contributed by atoms with Gasteiger partial charge in [-0.15, -0.1) is 0 Å². The maximum Gasteiger partial charge on any atom is 0.150 e. The average molecular weight is 199 g/mol. The number of halogens is 1. The molecule has 0 aliphatic rings. The standard InChI is InChI=1S/C10H11ClO2/c1-3-8-9(11)4-7(6-12)5-10(8)13-2/h4-6H,3H2,1-2H3. The van der Waals surface area contributed by atoms with E-state index in [1.807, 2.05) is 6.92 Å². The van der Waals surface area contributed by atoms with Crippen LogP contribution >= 0.6 is 11.6 Å². The van der Waals surface area contributed by atoms with Gasteiger partial charge in [0.25, 0.3) is 0 Å². The normalized spacial score (nSPS) is 9.77. The molecule has 70 valence electrons. The minimum atomic E-state index is 0.541. The summed E-state index contributed by atoms with van der Waals surface area (Å²) in [5.41, 5.74) is 1.48. The fourth-order valence-electron chi connectivity index (χ4n) is 1.22. The van der Waals surface area contributed by atoms with Crippen molar-refractivity contribution < 1.29 is 9.53 Å². The van der Waals surface area contributed by atoms with Gasteiger partial charge in [0.05, 0.1) is 7.11 Å². The zero-order valence-electron chi connectivity index (χ0n) is 7.63. The maximum atomic E-state index is 10.5. The third-order valence-electron chi connectivity index (χ3n) is 1.89. The minimum absolute atomic E-state index is 0.541. The molecule has 0 radical (unpaired) electrons. The van der Waals surface area contributed by atoms with Gasteiger partial charge in [0.2, 0.25) is 0 Å². The number of methoxy groups -OCH3 is 1. The number of rotatable bonds is 3. The Morgan fingerprint density at radius 1 is 1.54 bits per heavy atom. The van der Waals surface area contributed by atoms with E-state index >= 15 is 0 Å². The number of aldehydes is 1. The van der Waals surface area contributed by atoms with Crippen molar-refractivity contribution >= 4 is 17.9 Å². The summed E-state index contributed by atoms with van der Waals surface area (Å²) < 4.78 is 5.12. The molecule has 0 fully saturated rings. The molecular formula is C10H11ClO2. The lowest BCUT2D eigenvalue weighted by molar-refractivity contribution is 0.112. The van der Waals surface area contributed by atoms with Crippen molar-refractivity contribution in [2.75, 3.05) is 7.11 Å². The molecule has 0 unspecified atom stereocenters. The van der Waals surface area contributed by atoms with Crippen LogP contribution in [0, 0.1) is 0 Å². The highest BCUT2D eigenvalue weighted by Gasteiger charge is 2.07. The summed E-state index contributed by atoms with van der Waals surface area (Å²) in [6.07, 6.45) is 1.55. The van der Waals surface area contributed by atoms with E-state index in [0.29, 0.717) is 16.3 Å². The monoisotopic (exact) mass is 198 g/mol. The van der Waals surface area contributed by atoms with Crippen LogP contribution in [0.1, 0.15) is 22.8 Å². The van der Waals surface area contributed by atoms with Gasteiger partial charge in [-0.25, -0.2) is 0 Å². The number of ether oxygens (including phenoxy) is 1. The van der Waals surface area contributed by atoms with Crippen molar-refractivity contribution in [3.63, 3.8) is 0 Å². The van der Waals surface area contributed by atoms with E-state index in [2.05, 4.69) is 0 Å². The fraction of sp³-hybridized carbons (Fsp3) is 0.300. The zero-order valence-corrected chi connectivity index (χ0v) is 8.39. The highest BCUT2D eigenvalue weighted by Crippen LogP contribution is 2.28. The van der Waals surface area contributed by atoms with E-state index in [-0.39, 0.29) is 0 Å². The Bertz CT molecular complexity index is 321. The third-order valence-corrected chi connectivity index (χ3v) is 2.22. The Morgan fingerprint density at radius 2 is 2.23 bits per heavy atom. The van der Waals surface area contributed by atoms with Gasteiger partial charge in [-0.2, -0.15) is 0 Å². The van der Waals surface area contributed by atoms with Crippen molar-refractivity contribution in [1.29, 1.82) is 0 Å². The molecule has 2 nitrogen and oxygen atoms in total. The molecule has 0 bridgehead atoms. The van der Waals surface area contributed by atoms with Crippen LogP contribution in [0.3, 0.4) is 0 Å². The molecule has 0 amide bonds. The molecule has 0 saturated heterocycles. The predicted octanol–water partition coefficient (Wildman–Crippen LogP) is 2.72. The van der Waals surface area contributed by atoms with Gasteiger partial charge in [-0.05, 0) is 18.6 Å². The molecule has 0 spiro atoms. The highest BCUT2D eigenvalue weighted by molar-refractivity contribution is 6.31. The summed E-state index contributed by atoms with van der Waals surface area (Å²) in [7, 11) is 1.57. The Balaban J connectivity index is 3.28. The largest absolute Gasteiger partial charge is 0.496 e. The van der Waals surface area contributed by atoms with Crippen molar-refractivity contribution in [3.05, 3.63) is 28.3 Å². The smallest absolute Gasteiger partial charge is 0.150 e. The molecule has 1 rings (SSSR count). The Kier molecular flexibility index (Phi) is 3.32. The third kappa shape index (κ3) is 2.01. The average Bonchev–Trinajstić information content (AvgIpc) is 2.16. The van der Waals surface area contributed by atoms with Crippen LogP contribution in [0.4, 0.5) is 0 Å². The quantitative estimate of drug-likeness (QED) is 0.699. The van der Waals surface area contributed by atoms with Crippen molar-refractivity contribution in [1.82, 2.24) is 0 Å². The van der Waals surface area contributed by atoms with Crippen LogP contribution in [0.15, 0.2) is 12.1 Å².